The zero-order chi connectivity index (χ0) is 11.5. The van der Waals surface area contributed by atoms with E-state index in [1.54, 1.807) is 30.3 Å². The van der Waals surface area contributed by atoms with Crippen LogP contribution in [0.5, 0.6) is 0 Å². The van der Waals surface area contributed by atoms with Crippen LogP contribution in [0, 0.1) is 11.3 Å². The van der Waals surface area contributed by atoms with Gasteiger partial charge in [0.05, 0.1) is 6.07 Å². The summed E-state index contributed by atoms with van der Waals surface area (Å²) in [6, 6.07) is 8.32. The van der Waals surface area contributed by atoms with Gasteiger partial charge in [-0.15, -0.1) is 13.2 Å². The van der Waals surface area contributed by atoms with Crippen molar-refractivity contribution in [1.82, 2.24) is 0 Å². The van der Waals surface area contributed by atoms with Gasteiger partial charge in [-0.05, 0) is 11.1 Å². The van der Waals surface area contributed by atoms with Crippen LogP contribution in [-0.4, -0.2) is 5.92 Å². The van der Waals surface area contributed by atoms with E-state index in [9.17, 15) is 8.78 Å². The van der Waals surface area contributed by atoms with Crippen LogP contribution < -0.4 is 0 Å². The van der Waals surface area contributed by atoms with Gasteiger partial charge in [-0.25, -0.2) is 8.78 Å². The van der Waals surface area contributed by atoms with E-state index in [0.29, 0.717) is 11.1 Å². The lowest BCUT2D eigenvalue weighted by Crippen LogP contribution is -2.20. The number of hydrogen-bond acceptors (Lipinski definition) is 1. The van der Waals surface area contributed by atoms with Gasteiger partial charge in [-0.1, -0.05) is 24.3 Å². The summed E-state index contributed by atoms with van der Waals surface area (Å²) in [5.74, 6) is -4.15. The molecule has 0 aliphatic heterocycles. The van der Waals surface area contributed by atoms with Crippen LogP contribution in [0.1, 0.15) is 17.0 Å². The summed E-state index contributed by atoms with van der Waals surface area (Å²) in [5.41, 5.74) is 1.08. The molecule has 1 unspecified atom stereocenters. The second-order valence-corrected chi connectivity index (χ2v) is 3.20. The first-order valence-electron chi connectivity index (χ1n) is 4.50. The van der Waals surface area contributed by atoms with Crippen molar-refractivity contribution in [2.45, 2.75) is 18.3 Å². The monoisotopic (exact) mass is 207 g/mol. The van der Waals surface area contributed by atoms with Crippen LogP contribution in [-0.2, 0) is 6.42 Å². The second kappa shape index (κ2) is 4.22. The topological polar surface area (TPSA) is 23.8 Å². The maximum Gasteiger partial charge on any atom is 0.271 e. The number of nitriles is 1. The molecule has 0 spiro atoms. The van der Waals surface area contributed by atoms with Gasteiger partial charge < -0.3 is 0 Å². The fourth-order valence-electron chi connectivity index (χ4n) is 1.72. The van der Waals surface area contributed by atoms with Crippen molar-refractivity contribution < 1.29 is 8.78 Å². The smallest absolute Gasteiger partial charge is 0.205 e. The van der Waals surface area contributed by atoms with E-state index in [2.05, 4.69) is 13.2 Å². The molecule has 0 aromatic heterocycles. The number of hydrogen-bond donors (Lipinski definition) is 0. The standard InChI is InChI=1S/C10H7F2N.C2H4/c11-10(12)5-7-3-1-2-4-8(7)9(10)6-13;1-2/h1-4,9H,5H2;1-2H2. The van der Waals surface area contributed by atoms with Gasteiger partial charge in [0.1, 0.15) is 5.92 Å². The molecule has 0 radical (unpaired) electrons. The van der Waals surface area contributed by atoms with Crippen LogP contribution in [0.3, 0.4) is 0 Å². The molecule has 1 aliphatic carbocycles. The molecule has 78 valence electrons. The Labute approximate surface area is 87.7 Å². The van der Waals surface area contributed by atoms with Gasteiger partial charge in [0.25, 0.3) is 5.92 Å². The van der Waals surface area contributed by atoms with Gasteiger partial charge in [-0.3, -0.25) is 0 Å². The Morgan fingerprint density at radius 2 is 1.93 bits per heavy atom. The normalized spacial score (nSPS) is 20.7. The van der Waals surface area contributed by atoms with E-state index in [0.717, 1.165) is 0 Å². The van der Waals surface area contributed by atoms with Crippen molar-refractivity contribution >= 4 is 0 Å². The van der Waals surface area contributed by atoms with Gasteiger partial charge in [0, 0.05) is 6.42 Å². The highest BCUT2D eigenvalue weighted by Crippen LogP contribution is 2.43. The molecular formula is C12H11F2N. The molecule has 0 saturated heterocycles. The lowest BCUT2D eigenvalue weighted by molar-refractivity contribution is 0.000574. The zero-order valence-electron chi connectivity index (χ0n) is 8.21. The van der Waals surface area contributed by atoms with Crippen molar-refractivity contribution in [3.8, 4) is 6.07 Å². The minimum absolute atomic E-state index is 0.304. The molecule has 0 amide bonds. The molecule has 1 atom stereocenters. The summed E-state index contributed by atoms with van der Waals surface area (Å²) in [5, 5.41) is 8.62. The number of fused-ring (bicyclic) bond motifs is 1. The average molecular weight is 207 g/mol. The van der Waals surface area contributed by atoms with Crippen molar-refractivity contribution in [3.63, 3.8) is 0 Å². The number of benzene rings is 1. The molecule has 0 bridgehead atoms. The highest BCUT2D eigenvalue weighted by Gasteiger charge is 2.47. The predicted molar refractivity (Wildman–Crippen MR) is 54.7 cm³/mol. The molecule has 2 rings (SSSR count). The van der Waals surface area contributed by atoms with E-state index in [4.69, 9.17) is 5.26 Å². The number of rotatable bonds is 0. The molecular weight excluding hydrogens is 196 g/mol. The summed E-state index contributed by atoms with van der Waals surface area (Å²) >= 11 is 0. The van der Waals surface area contributed by atoms with Crippen molar-refractivity contribution in [1.29, 1.82) is 5.26 Å². The second-order valence-electron chi connectivity index (χ2n) is 3.20. The quantitative estimate of drug-likeness (QED) is 0.599. The number of nitrogens with zero attached hydrogens (tertiary/aromatic N) is 1. The van der Waals surface area contributed by atoms with Crippen LogP contribution in [0.15, 0.2) is 37.4 Å². The molecule has 15 heavy (non-hydrogen) atoms. The van der Waals surface area contributed by atoms with Crippen LogP contribution in [0.4, 0.5) is 8.78 Å². The molecule has 1 nitrogen and oxygen atoms in total. The lowest BCUT2D eigenvalue weighted by atomic mass is 10.0. The van der Waals surface area contributed by atoms with E-state index in [1.165, 1.54) is 0 Å². The van der Waals surface area contributed by atoms with Crippen LogP contribution >= 0.6 is 0 Å². The van der Waals surface area contributed by atoms with E-state index >= 15 is 0 Å². The Kier molecular flexibility index (Phi) is 3.21. The largest absolute Gasteiger partial charge is 0.271 e. The van der Waals surface area contributed by atoms with Crippen LogP contribution in [0.25, 0.3) is 0 Å². The van der Waals surface area contributed by atoms with Crippen molar-refractivity contribution in [2.75, 3.05) is 0 Å². The molecule has 1 aliphatic rings. The van der Waals surface area contributed by atoms with E-state index in [1.807, 2.05) is 0 Å². The first kappa shape index (κ1) is 11.4. The SMILES string of the molecule is C=C.N#CC1c2ccccc2CC1(F)F. The molecule has 0 saturated carbocycles. The molecule has 3 heteroatoms. The summed E-state index contributed by atoms with van der Waals surface area (Å²) in [4.78, 5) is 0. The fraction of sp³-hybridized carbons (Fsp3) is 0.250. The predicted octanol–water partition coefficient (Wildman–Crippen LogP) is 3.29. The lowest BCUT2D eigenvalue weighted by Gasteiger charge is -2.11. The Bertz CT molecular complexity index is 393. The summed E-state index contributed by atoms with van der Waals surface area (Å²) in [7, 11) is 0. The third kappa shape index (κ3) is 1.89. The van der Waals surface area contributed by atoms with Gasteiger partial charge in [0.2, 0.25) is 0 Å². The minimum Gasteiger partial charge on any atom is -0.205 e. The molecule has 0 N–H and O–H groups in total. The number of halogens is 2. The first-order chi connectivity index (χ1) is 7.15. The van der Waals surface area contributed by atoms with E-state index in [-0.39, 0.29) is 6.42 Å². The number of alkyl halides is 2. The van der Waals surface area contributed by atoms with Crippen molar-refractivity contribution in [3.05, 3.63) is 48.6 Å². The zero-order valence-corrected chi connectivity index (χ0v) is 8.21. The van der Waals surface area contributed by atoms with Gasteiger partial charge in [0.15, 0.2) is 0 Å². The van der Waals surface area contributed by atoms with Gasteiger partial charge >= 0.3 is 0 Å². The summed E-state index contributed by atoms with van der Waals surface area (Å²) < 4.78 is 26.4. The highest BCUT2D eigenvalue weighted by atomic mass is 19.3. The molecule has 0 heterocycles. The Morgan fingerprint density at radius 1 is 1.33 bits per heavy atom. The maximum atomic E-state index is 13.2. The van der Waals surface area contributed by atoms with Gasteiger partial charge in [-0.2, -0.15) is 5.26 Å². The molecule has 0 fully saturated rings. The fourth-order valence-corrected chi connectivity index (χ4v) is 1.72. The third-order valence-electron chi connectivity index (χ3n) is 2.34. The summed E-state index contributed by atoms with van der Waals surface area (Å²) in [6.07, 6.45) is -0.304. The van der Waals surface area contributed by atoms with Crippen molar-refractivity contribution in [2.24, 2.45) is 0 Å². The van der Waals surface area contributed by atoms with Crippen LogP contribution in [0.2, 0.25) is 0 Å². The molecule has 1 aromatic carbocycles. The maximum absolute atomic E-state index is 13.2. The Balaban J connectivity index is 0.000000531. The van der Waals surface area contributed by atoms with E-state index < -0.39 is 11.8 Å². The summed E-state index contributed by atoms with van der Waals surface area (Å²) in [6.45, 7) is 6.00. The third-order valence-corrected chi connectivity index (χ3v) is 2.34. The Hall–Kier alpha value is -1.69. The average Bonchev–Trinajstić information content (AvgIpc) is 2.50. The molecule has 1 aromatic rings. The minimum atomic E-state index is -2.89. The highest BCUT2D eigenvalue weighted by molar-refractivity contribution is 5.42. The Morgan fingerprint density at radius 3 is 2.53 bits per heavy atom. The first-order valence-corrected chi connectivity index (χ1v) is 4.50.